The lowest BCUT2D eigenvalue weighted by Gasteiger charge is -2.33. The number of carbonyl (C=O) groups excluding carboxylic acids is 1. The van der Waals surface area contributed by atoms with E-state index in [0.717, 1.165) is 30.6 Å². The maximum absolute atomic E-state index is 12.2. The number of nitrogens with one attached hydrogen (secondary N) is 1. The predicted molar refractivity (Wildman–Crippen MR) is 88.7 cm³/mol. The fraction of sp³-hybridized carbons (Fsp3) is 0.471. The van der Waals surface area contributed by atoms with Gasteiger partial charge in [0.15, 0.2) is 0 Å². The van der Waals surface area contributed by atoms with Crippen LogP contribution in [0, 0.1) is 0 Å². The molecule has 7 heteroatoms. The van der Waals surface area contributed by atoms with Crippen molar-refractivity contribution in [2.45, 2.75) is 32.2 Å². The molecule has 2 amide bonds. The summed E-state index contributed by atoms with van der Waals surface area (Å²) >= 11 is 0. The molecule has 2 aromatic rings. The van der Waals surface area contributed by atoms with Gasteiger partial charge in [0, 0.05) is 18.7 Å². The van der Waals surface area contributed by atoms with E-state index in [0.29, 0.717) is 24.8 Å². The quantitative estimate of drug-likeness (QED) is 0.932. The van der Waals surface area contributed by atoms with Crippen LogP contribution in [0.25, 0.3) is 11.4 Å². The zero-order valence-electron chi connectivity index (χ0n) is 14.0. The molecule has 1 unspecified atom stereocenters. The number of hydrogen-bond acceptors (Lipinski definition) is 5. The van der Waals surface area contributed by atoms with E-state index in [9.17, 15) is 4.79 Å². The number of likely N-dealkylation sites (tertiary alicyclic amines) is 1. The number of aromatic nitrogens is 2. The van der Waals surface area contributed by atoms with E-state index in [-0.39, 0.29) is 12.1 Å². The number of amides is 2. The first-order valence-corrected chi connectivity index (χ1v) is 8.25. The number of nitrogens with zero attached hydrogens (tertiary/aromatic N) is 3. The number of rotatable bonds is 4. The Bertz CT molecular complexity index is 683. The summed E-state index contributed by atoms with van der Waals surface area (Å²) in [5.41, 5.74) is 0.853. The monoisotopic (exact) mass is 330 g/mol. The van der Waals surface area contributed by atoms with E-state index in [1.807, 2.05) is 31.2 Å². The molecule has 0 saturated carbocycles. The number of carbonyl (C=O) groups is 1. The van der Waals surface area contributed by atoms with Crippen molar-refractivity contribution in [1.29, 1.82) is 0 Å². The number of urea groups is 1. The van der Waals surface area contributed by atoms with Gasteiger partial charge in [0.2, 0.25) is 11.7 Å². The van der Waals surface area contributed by atoms with Crippen molar-refractivity contribution >= 4 is 6.03 Å². The third kappa shape index (κ3) is 3.34. The molecule has 0 aliphatic carbocycles. The molecule has 1 aliphatic rings. The average molecular weight is 330 g/mol. The second-order valence-corrected chi connectivity index (χ2v) is 5.73. The summed E-state index contributed by atoms with van der Waals surface area (Å²) in [4.78, 5) is 18.5. The minimum atomic E-state index is -0.162. The zero-order valence-corrected chi connectivity index (χ0v) is 14.0. The second kappa shape index (κ2) is 7.33. The first-order valence-electron chi connectivity index (χ1n) is 8.25. The molecule has 3 rings (SSSR count). The molecule has 0 radical (unpaired) electrons. The van der Waals surface area contributed by atoms with Crippen molar-refractivity contribution in [3.8, 4) is 17.1 Å². The fourth-order valence-electron chi connectivity index (χ4n) is 2.91. The highest BCUT2D eigenvalue weighted by Crippen LogP contribution is 2.31. The van der Waals surface area contributed by atoms with Crippen molar-refractivity contribution in [2.75, 3.05) is 20.2 Å². The number of methoxy groups -OCH3 is 1. The number of hydrogen-bond donors (Lipinski definition) is 1. The molecule has 1 atom stereocenters. The second-order valence-electron chi connectivity index (χ2n) is 5.73. The van der Waals surface area contributed by atoms with E-state index in [1.165, 1.54) is 0 Å². The Hall–Kier alpha value is -2.57. The molecule has 0 spiro atoms. The van der Waals surface area contributed by atoms with Gasteiger partial charge in [-0.15, -0.1) is 0 Å². The summed E-state index contributed by atoms with van der Waals surface area (Å²) in [6.07, 6.45) is 2.87. The van der Waals surface area contributed by atoms with E-state index in [2.05, 4.69) is 15.5 Å². The van der Waals surface area contributed by atoms with Crippen LogP contribution in [0.15, 0.2) is 28.8 Å². The van der Waals surface area contributed by atoms with Gasteiger partial charge in [-0.1, -0.05) is 5.16 Å². The minimum absolute atomic E-state index is 0.0774. The lowest BCUT2D eigenvalue weighted by atomic mass is 10.0. The van der Waals surface area contributed by atoms with E-state index < -0.39 is 0 Å². The van der Waals surface area contributed by atoms with Gasteiger partial charge in [0.05, 0.1) is 7.11 Å². The molecular weight excluding hydrogens is 308 g/mol. The molecule has 2 heterocycles. The van der Waals surface area contributed by atoms with Gasteiger partial charge < -0.3 is 19.5 Å². The van der Waals surface area contributed by atoms with Crippen molar-refractivity contribution < 1.29 is 14.1 Å². The Morgan fingerprint density at radius 1 is 1.38 bits per heavy atom. The molecule has 128 valence electrons. The third-order valence-corrected chi connectivity index (χ3v) is 4.17. The largest absolute Gasteiger partial charge is 0.497 e. The van der Waals surface area contributed by atoms with Crippen LogP contribution in [-0.4, -0.2) is 41.3 Å². The third-order valence-electron chi connectivity index (χ3n) is 4.17. The van der Waals surface area contributed by atoms with Crippen LogP contribution >= 0.6 is 0 Å². The van der Waals surface area contributed by atoms with Gasteiger partial charge in [-0.05, 0) is 50.5 Å². The summed E-state index contributed by atoms with van der Waals surface area (Å²) in [6, 6.07) is 7.24. The summed E-state index contributed by atoms with van der Waals surface area (Å²) in [5, 5.41) is 6.92. The normalized spacial score (nSPS) is 17.6. The molecular formula is C17H22N4O3. The minimum Gasteiger partial charge on any atom is -0.497 e. The van der Waals surface area contributed by atoms with Gasteiger partial charge in [0.25, 0.3) is 0 Å². The van der Waals surface area contributed by atoms with Crippen LogP contribution in [0.3, 0.4) is 0 Å². The standard InChI is InChI=1S/C17H22N4O3/c1-3-18-17(22)21-11-5-4-6-14(21)16-19-15(20-24-16)12-7-9-13(23-2)10-8-12/h7-10,14H,3-6,11H2,1-2H3,(H,18,22). The highest BCUT2D eigenvalue weighted by Gasteiger charge is 2.32. The Balaban J connectivity index is 1.80. The highest BCUT2D eigenvalue weighted by atomic mass is 16.5. The topological polar surface area (TPSA) is 80.5 Å². The molecule has 1 aliphatic heterocycles. The van der Waals surface area contributed by atoms with Crippen LogP contribution in [0.1, 0.15) is 38.1 Å². The van der Waals surface area contributed by atoms with Crippen molar-refractivity contribution in [1.82, 2.24) is 20.4 Å². The summed E-state index contributed by atoms with van der Waals surface area (Å²) in [5.74, 6) is 1.79. The predicted octanol–water partition coefficient (Wildman–Crippen LogP) is 3.00. The average Bonchev–Trinajstić information content (AvgIpc) is 3.12. The van der Waals surface area contributed by atoms with Crippen LogP contribution in [0.5, 0.6) is 5.75 Å². The number of benzene rings is 1. The Labute approximate surface area is 141 Å². The van der Waals surface area contributed by atoms with E-state index >= 15 is 0 Å². The Morgan fingerprint density at radius 2 is 2.17 bits per heavy atom. The van der Waals surface area contributed by atoms with Crippen molar-refractivity contribution in [2.24, 2.45) is 0 Å². The van der Waals surface area contributed by atoms with Crippen molar-refractivity contribution in [3.63, 3.8) is 0 Å². The van der Waals surface area contributed by atoms with Crippen LogP contribution < -0.4 is 10.1 Å². The molecule has 0 bridgehead atoms. The van der Waals surface area contributed by atoms with Gasteiger partial charge in [-0.2, -0.15) is 4.98 Å². The van der Waals surface area contributed by atoms with E-state index in [1.54, 1.807) is 12.0 Å². The van der Waals surface area contributed by atoms with Crippen LogP contribution in [0.4, 0.5) is 4.79 Å². The van der Waals surface area contributed by atoms with E-state index in [4.69, 9.17) is 9.26 Å². The van der Waals surface area contributed by atoms with Gasteiger partial charge >= 0.3 is 6.03 Å². The highest BCUT2D eigenvalue weighted by molar-refractivity contribution is 5.74. The smallest absolute Gasteiger partial charge is 0.318 e. The van der Waals surface area contributed by atoms with Crippen LogP contribution in [-0.2, 0) is 0 Å². The zero-order chi connectivity index (χ0) is 16.9. The summed E-state index contributed by atoms with van der Waals surface area (Å²) < 4.78 is 10.6. The number of piperidine rings is 1. The first-order chi connectivity index (χ1) is 11.7. The maximum Gasteiger partial charge on any atom is 0.318 e. The molecule has 1 N–H and O–H groups in total. The van der Waals surface area contributed by atoms with Gasteiger partial charge in [-0.3, -0.25) is 0 Å². The van der Waals surface area contributed by atoms with Gasteiger partial charge in [0.1, 0.15) is 11.8 Å². The first kappa shape index (κ1) is 16.3. The SMILES string of the molecule is CCNC(=O)N1CCCCC1c1nc(-c2ccc(OC)cc2)no1. The molecule has 1 saturated heterocycles. The van der Waals surface area contributed by atoms with Crippen LogP contribution in [0.2, 0.25) is 0 Å². The maximum atomic E-state index is 12.2. The summed E-state index contributed by atoms with van der Waals surface area (Å²) in [7, 11) is 1.63. The fourth-order valence-corrected chi connectivity index (χ4v) is 2.91. The number of ether oxygens (including phenoxy) is 1. The molecule has 1 fully saturated rings. The Morgan fingerprint density at radius 3 is 2.88 bits per heavy atom. The molecule has 1 aromatic heterocycles. The van der Waals surface area contributed by atoms with Gasteiger partial charge in [-0.25, -0.2) is 4.79 Å². The molecule has 1 aromatic carbocycles. The lowest BCUT2D eigenvalue weighted by Crippen LogP contribution is -2.44. The summed E-state index contributed by atoms with van der Waals surface area (Å²) in [6.45, 7) is 3.21. The Kier molecular flexibility index (Phi) is 4.98. The molecule has 7 nitrogen and oxygen atoms in total. The molecule has 24 heavy (non-hydrogen) atoms. The lowest BCUT2D eigenvalue weighted by molar-refractivity contribution is 0.132. The van der Waals surface area contributed by atoms with Crippen molar-refractivity contribution in [3.05, 3.63) is 30.2 Å².